The summed E-state index contributed by atoms with van der Waals surface area (Å²) in [5.41, 5.74) is 1.66. The van der Waals surface area contributed by atoms with E-state index in [0.29, 0.717) is 13.1 Å². The molecular formula is C23H27N3O3. The summed E-state index contributed by atoms with van der Waals surface area (Å²) in [6.45, 7) is 3.59. The second-order valence-corrected chi connectivity index (χ2v) is 7.55. The van der Waals surface area contributed by atoms with Crippen LogP contribution < -0.4 is 10.7 Å². The van der Waals surface area contributed by atoms with Crippen LogP contribution in [0.25, 0.3) is 6.08 Å². The van der Waals surface area contributed by atoms with Crippen molar-refractivity contribution in [2.24, 2.45) is 13.0 Å². The second kappa shape index (κ2) is 9.37. The van der Waals surface area contributed by atoms with Crippen molar-refractivity contribution in [1.29, 1.82) is 0 Å². The molecule has 6 nitrogen and oxygen atoms in total. The summed E-state index contributed by atoms with van der Waals surface area (Å²) >= 11 is 0. The Balaban J connectivity index is 1.55. The molecule has 152 valence electrons. The van der Waals surface area contributed by atoms with Crippen molar-refractivity contribution in [2.45, 2.75) is 19.8 Å². The largest absolute Gasteiger partial charge is 0.354 e. The van der Waals surface area contributed by atoms with Crippen LogP contribution in [0.5, 0.6) is 0 Å². The topological polar surface area (TPSA) is 71.4 Å². The number of nitrogens with zero attached hydrogens (tertiary/aromatic N) is 2. The molecule has 1 N–H and O–H groups in total. The lowest BCUT2D eigenvalue weighted by molar-refractivity contribution is -0.127. The maximum atomic E-state index is 12.5. The van der Waals surface area contributed by atoms with Crippen molar-refractivity contribution in [2.75, 3.05) is 19.6 Å². The van der Waals surface area contributed by atoms with E-state index in [1.807, 2.05) is 48.2 Å². The molecule has 1 saturated heterocycles. The third kappa shape index (κ3) is 5.44. The molecule has 0 spiro atoms. The Morgan fingerprint density at radius 3 is 2.76 bits per heavy atom. The van der Waals surface area contributed by atoms with Gasteiger partial charge in [-0.1, -0.05) is 30.3 Å². The number of aromatic nitrogens is 1. The van der Waals surface area contributed by atoms with E-state index in [1.165, 1.54) is 6.07 Å². The van der Waals surface area contributed by atoms with Gasteiger partial charge < -0.3 is 14.8 Å². The first-order valence-corrected chi connectivity index (χ1v) is 9.91. The lowest BCUT2D eigenvalue weighted by atomic mass is 9.97. The fraction of sp³-hybridized carbons (Fsp3) is 0.348. The van der Waals surface area contributed by atoms with Gasteiger partial charge in [0, 0.05) is 50.7 Å². The molecule has 2 aromatic rings. The van der Waals surface area contributed by atoms with Crippen LogP contribution in [-0.2, 0) is 11.8 Å². The van der Waals surface area contributed by atoms with Crippen LogP contribution in [0.2, 0.25) is 0 Å². The summed E-state index contributed by atoms with van der Waals surface area (Å²) in [7, 11) is 1.80. The van der Waals surface area contributed by atoms with E-state index in [1.54, 1.807) is 23.9 Å². The number of benzene rings is 1. The maximum Gasteiger partial charge on any atom is 0.256 e. The highest BCUT2D eigenvalue weighted by Gasteiger charge is 2.23. The molecule has 2 amide bonds. The lowest BCUT2D eigenvalue weighted by Crippen LogP contribution is -2.43. The first-order chi connectivity index (χ1) is 13.9. The number of hydrogen-bond acceptors (Lipinski definition) is 3. The van der Waals surface area contributed by atoms with Gasteiger partial charge >= 0.3 is 0 Å². The van der Waals surface area contributed by atoms with Gasteiger partial charge in [0.1, 0.15) is 5.56 Å². The van der Waals surface area contributed by atoms with Gasteiger partial charge in [-0.3, -0.25) is 14.4 Å². The Morgan fingerprint density at radius 2 is 2.00 bits per heavy atom. The van der Waals surface area contributed by atoms with Gasteiger partial charge in [-0.15, -0.1) is 0 Å². The molecule has 1 atom stereocenters. The van der Waals surface area contributed by atoms with Crippen molar-refractivity contribution in [1.82, 2.24) is 14.8 Å². The van der Waals surface area contributed by atoms with E-state index in [4.69, 9.17) is 0 Å². The fourth-order valence-electron chi connectivity index (χ4n) is 3.50. The highest BCUT2D eigenvalue weighted by Crippen LogP contribution is 2.16. The molecule has 0 radical (unpaired) electrons. The van der Waals surface area contributed by atoms with Crippen LogP contribution in [0.4, 0.5) is 0 Å². The van der Waals surface area contributed by atoms with Crippen molar-refractivity contribution in [3.63, 3.8) is 0 Å². The predicted molar refractivity (Wildman–Crippen MR) is 114 cm³/mol. The highest BCUT2D eigenvalue weighted by atomic mass is 16.2. The minimum atomic E-state index is -0.363. The van der Waals surface area contributed by atoms with Crippen LogP contribution in [-0.4, -0.2) is 40.9 Å². The predicted octanol–water partition coefficient (Wildman–Crippen LogP) is 2.38. The average Bonchev–Trinajstić information content (AvgIpc) is 2.74. The van der Waals surface area contributed by atoms with Gasteiger partial charge in [-0.2, -0.15) is 0 Å². The van der Waals surface area contributed by atoms with Crippen LogP contribution >= 0.6 is 0 Å². The number of carbonyl (C=O) groups excluding carboxylic acids is 2. The monoisotopic (exact) mass is 393 g/mol. The van der Waals surface area contributed by atoms with Gasteiger partial charge in [0.05, 0.1) is 0 Å². The quantitative estimate of drug-likeness (QED) is 0.793. The zero-order valence-corrected chi connectivity index (χ0v) is 16.9. The molecule has 1 aromatic carbocycles. The van der Waals surface area contributed by atoms with E-state index >= 15 is 0 Å². The Kier molecular flexibility index (Phi) is 6.65. The fourth-order valence-corrected chi connectivity index (χ4v) is 3.50. The number of carbonyl (C=O) groups is 2. The van der Waals surface area contributed by atoms with Gasteiger partial charge in [0.2, 0.25) is 5.91 Å². The third-order valence-electron chi connectivity index (χ3n) is 5.33. The molecular weight excluding hydrogens is 366 g/mol. The van der Waals surface area contributed by atoms with Crippen molar-refractivity contribution >= 4 is 17.9 Å². The molecule has 1 unspecified atom stereocenters. The summed E-state index contributed by atoms with van der Waals surface area (Å²) in [6, 6.07) is 11.2. The number of pyridine rings is 1. The normalized spacial score (nSPS) is 16.8. The van der Waals surface area contributed by atoms with Crippen LogP contribution in [0.15, 0.2) is 53.5 Å². The van der Waals surface area contributed by atoms with Crippen molar-refractivity contribution in [3.05, 3.63) is 75.7 Å². The molecule has 1 aliphatic heterocycles. The van der Waals surface area contributed by atoms with Crippen LogP contribution in [0.1, 0.15) is 34.5 Å². The summed E-state index contributed by atoms with van der Waals surface area (Å²) in [5, 5.41) is 2.87. The minimum absolute atomic E-state index is 0.0164. The van der Waals surface area contributed by atoms with Crippen molar-refractivity contribution in [3.8, 4) is 0 Å². The second-order valence-electron chi connectivity index (χ2n) is 7.55. The Labute approximate surface area is 170 Å². The number of piperidine rings is 1. The highest BCUT2D eigenvalue weighted by molar-refractivity contribution is 5.94. The molecule has 2 heterocycles. The molecule has 0 saturated carbocycles. The Hall–Kier alpha value is -3.15. The summed E-state index contributed by atoms with van der Waals surface area (Å²) in [5.74, 6) is -0.202. The number of aryl methyl sites for hydroxylation is 2. The zero-order valence-electron chi connectivity index (χ0n) is 16.9. The molecule has 1 aliphatic rings. The van der Waals surface area contributed by atoms with Gasteiger partial charge in [0.25, 0.3) is 5.91 Å². The molecule has 6 heteroatoms. The molecule has 3 rings (SSSR count). The number of rotatable bonds is 5. The third-order valence-corrected chi connectivity index (χ3v) is 5.33. The zero-order chi connectivity index (χ0) is 20.8. The van der Waals surface area contributed by atoms with Crippen LogP contribution in [0, 0.1) is 12.8 Å². The van der Waals surface area contributed by atoms with Gasteiger partial charge in [0.15, 0.2) is 5.43 Å². The van der Waals surface area contributed by atoms with E-state index in [9.17, 15) is 14.4 Å². The Bertz CT molecular complexity index is 963. The first kappa shape index (κ1) is 20.6. The lowest BCUT2D eigenvalue weighted by Gasteiger charge is -2.32. The van der Waals surface area contributed by atoms with Crippen molar-refractivity contribution < 1.29 is 9.59 Å². The van der Waals surface area contributed by atoms with E-state index in [-0.39, 0.29) is 28.7 Å². The van der Waals surface area contributed by atoms with Gasteiger partial charge in [-0.05, 0) is 37.3 Å². The van der Waals surface area contributed by atoms with Crippen LogP contribution in [0.3, 0.4) is 0 Å². The molecule has 1 aromatic heterocycles. The number of hydrogen-bond donors (Lipinski definition) is 1. The molecule has 29 heavy (non-hydrogen) atoms. The maximum absolute atomic E-state index is 12.5. The summed E-state index contributed by atoms with van der Waals surface area (Å²) in [6.07, 6.45) is 6.83. The smallest absolute Gasteiger partial charge is 0.256 e. The molecule has 0 aliphatic carbocycles. The average molecular weight is 393 g/mol. The molecule has 1 fully saturated rings. The number of likely N-dealkylation sites (tertiary alicyclic amines) is 1. The van der Waals surface area contributed by atoms with E-state index in [0.717, 1.165) is 30.6 Å². The van der Waals surface area contributed by atoms with E-state index in [2.05, 4.69) is 5.32 Å². The standard InChI is InChI=1S/C23H27N3O3/c1-17-13-21(27)20(16-25(17)2)23(29)24-14-19-9-6-12-26(15-19)22(28)11-10-18-7-4-3-5-8-18/h3-5,7-8,10-11,13,16,19H,6,9,12,14-15H2,1-2H3,(H,24,29). The minimum Gasteiger partial charge on any atom is -0.354 e. The first-order valence-electron chi connectivity index (χ1n) is 9.91. The summed E-state index contributed by atoms with van der Waals surface area (Å²) in [4.78, 5) is 38.8. The summed E-state index contributed by atoms with van der Waals surface area (Å²) < 4.78 is 1.76. The van der Waals surface area contributed by atoms with Gasteiger partial charge in [-0.25, -0.2) is 0 Å². The number of nitrogens with one attached hydrogen (secondary N) is 1. The Morgan fingerprint density at radius 1 is 1.24 bits per heavy atom. The SMILES string of the molecule is Cc1cc(=O)c(C(=O)NCC2CCCN(C(=O)C=Cc3ccccc3)C2)cn1C. The number of amides is 2. The van der Waals surface area contributed by atoms with E-state index < -0.39 is 0 Å². The molecule has 0 bridgehead atoms.